The summed E-state index contributed by atoms with van der Waals surface area (Å²) >= 11 is 0. The number of carbonyl (C=O) groups is 2. The number of amides is 2. The molecule has 1 N–H and O–H groups in total. The maximum absolute atomic E-state index is 12.7. The number of unbranched alkanes of at least 4 members (excludes halogenated alkanes) is 1. The summed E-state index contributed by atoms with van der Waals surface area (Å²) in [5.74, 6) is -0.133. The number of nitrogens with zero attached hydrogens (tertiary/aromatic N) is 1. The molecule has 0 saturated heterocycles. The van der Waals surface area contributed by atoms with Crippen LogP contribution in [0.2, 0.25) is 0 Å². The van der Waals surface area contributed by atoms with Crippen LogP contribution in [0, 0.1) is 0 Å². The Kier molecular flexibility index (Phi) is 5.89. The molecule has 3 rings (SSSR count). The fourth-order valence-corrected chi connectivity index (χ4v) is 3.12. The third-order valence-corrected chi connectivity index (χ3v) is 4.51. The van der Waals surface area contributed by atoms with E-state index >= 15 is 0 Å². The number of anilines is 1. The van der Waals surface area contributed by atoms with Gasteiger partial charge in [-0.3, -0.25) is 9.69 Å². The predicted octanol–water partition coefficient (Wildman–Crippen LogP) is 3.67. The minimum Gasteiger partial charge on any atom is -0.444 e. The average molecular weight is 352 g/mol. The Morgan fingerprint density at radius 2 is 1.85 bits per heavy atom. The van der Waals surface area contributed by atoms with Gasteiger partial charge in [-0.1, -0.05) is 61.9 Å². The molecule has 0 fully saturated rings. The summed E-state index contributed by atoms with van der Waals surface area (Å²) in [5.41, 5.74) is 2.65. The molecule has 136 valence electrons. The maximum Gasteiger partial charge on any atom is 0.415 e. The summed E-state index contributed by atoms with van der Waals surface area (Å²) in [7, 11) is 0. The van der Waals surface area contributed by atoms with Gasteiger partial charge in [-0.15, -0.1) is 0 Å². The molecule has 2 amide bonds. The van der Waals surface area contributed by atoms with Gasteiger partial charge < -0.3 is 10.1 Å². The van der Waals surface area contributed by atoms with Crippen molar-refractivity contribution in [3.8, 4) is 0 Å². The van der Waals surface area contributed by atoms with Gasteiger partial charge in [0.15, 0.2) is 0 Å². The lowest BCUT2D eigenvalue weighted by Crippen LogP contribution is -2.48. The average Bonchev–Trinajstić information content (AvgIpc) is 3.07. The van der Waals surface area contributed by atoms with Gasteiger partial charge in [-0.25, -0.2) is 4.79 Å². The molecule has 1 aliphatic rings. The molecule has 26 heavy (non-hydrogen) atoms. The molecule has 5 heteroatoms. The molecule has 0 aliphatic carbocycles. The first-order chi connectivity index (χ1) is 12.7. The molecule has 0 aromatic heterocycles. The SMILES string of the molecule is CCCCNC(=O)[C@@H]1Cc2ccccc2N1C(=O)OCc1ccccc1. The maximum atomic E-state index is 12.7. The van der Waals surface area contributed by atoms with Gasteiger partial charge in [0.1, 0.15) is 12.6 Å². The second-order valence-electron chi connectivity index (χ2n) is 6.40. The van der Waals surface area contributed by atoms with E-state index in [1.165, 1.54) is 4.90 Å². The molecule has 0 radical (unpaired) electrons. The molecular formula is C21H24N2O3. The summed E-state index contributed by atoms with van der Waals surface area (Å²) in [6, 6.07) is 16.6. The first-order valence-electron chi connectivity index (χ1n) is 9.06. The van der Waals surface area contributed by atoms with E-state index < -0.39 is 12.1 Å². The highest BCUT2D eigenvalue weighted by Gasteiger charge is 2.39. The number of carbonyl (C=O) groups excluding carboxylic acids is 2. The molecule has 0 unspecified atom stereocenters. The van der Waals surface area contributed by atoms with E-state index in [4.69, 9.17) is 4.74 Å². The van der Waals surface area contributed by atoms with Crippen molar-refractivity contribution < 1.29 is 14.3 Å². The van der Waals surface area contributed by atoms with Crippen molar-refractivity contribution in [2.45, 2.75) is 38.8 Å². The Bertz CT molecular complexity index is 761. The highest BCUT2D eigenvalue weighted by Crippen LogP contribution is 2.32. The van der Waals surface area contributed by atoms with Crippen LogP contribution < -0.4 is 10.2 Å². The van der Waals surface area contributed by atoms with E-state index in [-0.39, 0.29) is 12.5 Å². The third kappa shape index (κ3) is 4.04. The number of nitrogens with one attached hydrogen (secondary N) is 1. The van der Waals surface area contributed by atoms with Gasteiger partial charge in [0.05, 0.1) is 5.69 Å². The summed E-state index contributed by atoms with van der Waals surface area (Å²) in [6.45, 7) is 2.88. The van der Waals surface area contributed by atoms with Crippen LogP contribution in [0.25, 0.3) is 0 Å². The fraction of sp³-hybridized carbons (Fsp3) is 0.333. The van der Waals surface area contributed by atoms with Gasteiger partial charge in [0.25, 0.3) is 0 Å². The zero-order valence-electron chi connectivity index (χ0n) is 15.0. The van der Waals surface area contributed by atoms with Crippen LogP contribution in [0.5, 0.6) is 0 Å². The Morgan fingerprint density at radius 3 is 2.62 bits per heavy atom. The summed E-state index contributed by atoms with van der Waals surface area (Å²) in [4.78, 5) is 26.9. The van der Waals surface area contributed by atoms with Crippen molar-refractivity contribution in [3.63, 3.8) is 0 Å². The van der Waals surface area contributed by atoms with Gasteiger partial charge >= 0.3 is 6.09 Å². The quantitative estimate of drug-likeness (QED) is 0.807. The van der Waals surface area contributed by atoms with Crippen molar-refractivity contribution in [1.29, 1.82) is 0 Å². The third-order valence-electron chi connectivity index (χ3n) is 4.51. The first kappa shape index (κ1) is 18.0. The van der Waals surface area contributed by atoms with Gasteiger partial charge in [-0.05, 0) is 23.6 Å². The monoisotopic (exact) mass is 352 g/mol. The van der Waals surface area contributed by atoms with Crippen LogP contribution in [-0.2, 0) is 22.6 Å². The van der Waals surface area contributed by atoms with Gasteiger partial charge in [0, 0.05) is 13.0 Å². The zero-order valence-corrected chi connectivity index (χ0v) is 15.0. The first-order valence-corrected chi connectivity index (χ1v) is 9.06. The predicted molar refractivity (Wildman–Crippen MR) is 101 cm³/mol. The normalized spacial score (nSPS) is 15.4. The highest BCUT2D eigenvalue weighted by atomic mass is 16.6. The molecular weight excluding hydrogens is 328 g/mol. The second kappa shape index (κ2) is 8.52. The van der Waals surface area contributed by atoms with E-state index in [0.717, 1.165) is 29.7 Å². The molecule has 1 heterocycles. The summed E-state index contributed by atoms with van der Waals surface area (Å²) in [6.07, 6.45) is 1.95. The molecule has 1 atom stereocenters. The standard InChI is InChI=1S/C21H24N2O3/c1-2-3-13-22-20(24)19-14-17-11-7-8-12-18(17)23(19)21(25)26-15-16-9-5-4-6-10-16/h4-12,19H,2-3,13-15H2,1H3,(H,22,24)/t19-/m0/s1. The van der Waals surface area contributed by atoms with Crippen molar-refractivity contribution in [3.05, 3.63) is 65.7 Å². The zero-order chi connectivity index (χ0) is 18.4. The number of para-hydroxylation sites is 1. The molecule has 5 nitrogen and oxygen atoms in total. The summed E-state index contributed by atoms with van der Waals surface area (Å²) in [5, 5.41) is 2.93. The highest BCUT2D eigenvalue weighted by molar-refractivity contribution is 6.00. The van der Waals surface area contributed by atoms with Crippen LogP contribution in [0.15, 0.2) is 54.6 Å². The van der Waals surface area contributed by atoms with Crippen LogP contribution in [0.3, 0.4) is 0 Å². The smallest absolute Gasteiger partial charge is 0.415 e. The van der Waals surface area contributed by atoms with E-state index in [0.29, 0.717) is 13.0 Å². The molecule has 0 spiro atoms. The molecule has 2 aromatic carbocycles. The van der Waals surface area contributed by atoms with E-state index in [2.05, 4.69) is 12.2 Å². The van der Waals surface area contributed by atoms with Crippen LogP contribution >= 0.6 is 0 Å². The van der Waals surface area contributed by atoms with Crippen molar-refractivity contribution in [1.82, 2.24) is 5.32 Å². The van der Waals surface area contributed by atoms with Crippen molar-refractivity contribution in [2.24, 2.45) is 0 Å². The fourth-order valence-electron chi connectivity index (χ4n) is 3.12. The largest absolute Gasteiger partial charge is 0.444 e. The van der Waals surface area contributed by atoms with Crippen LogP contribution in [0.4, 0.5) is 10.5 Å². The van der Waals surface area contributed by atoms with Gasteiger partial charge in [0.2, 0.25) is 5.91 Å². The lowest BCUT2D eigenvalue weighted by Gasteiger charge is -2.24. The minimum absolute atomic E-state index is 0.133. The molecule has 0 saturated carbocycles. The lowest BCUT2D eigenvalue weighted by molar-refractivity contribution is -0.122. The molecule has 1 aliphatic heterocycles. The van der Waals surface area contributed by atoms with E-state index in [1.807, 2.05) is 54.6 Å². The number of benzene rings is 2. The van der Waals surface area contributed by atoms with Crippen molar-refractivity contribution >= 4 is 17.7 Å². The number of fused-ring (bicyclic) bond motifs is 1. The Morgan fingerprint density at radius 1 is 1.12 bits per heavy atom. The van der Waals surface area contributed by atoms with Crippen LogP contribution in [-0.4, -0.2) is 24.6 Å². The minimum atomic E-state index is -0.562. The second-order valence-corrected chi connectivity index (χ2v) is 6.40. The van der Waals surface area contributed by atoms with Crippen molar-refractivity contribution in [2.75, 3.05) is 11.4 Å². The van der Waals surface area contributed by atoms with E-state index in [9.17, 15) is 9.59 Å². The number of hydrogen-bond donors (Lipinski definition) is 1. The van der Waals surface area contributed by atoms with E-state index in [1.54, 1.807) is 0 Å². The number of hydrogen-bond acceptors (Lipinski definition) is 3. The molecule has 0 bridgehead atoms. The topological polar surface area (TPSA) is 58.6 Å². The lowest BCUT2D eigenvalue weighted by atomic mass is 10.1. The number of rotatable bonds is 6. The Balaban J connectivity index is 1.73. The molecule has 2 aromatic rings. The van der Waals surface area contributed by atoms with Crippen LogP contribution in [0.1, 0.15) is 30.9 Å². The summed E-state index contributed by atoms with van der Waals surface area (Å²) < 4.78 is 5.48. The van der Waals surface area contributed by atoms with Gasteiger partial charge in [-0.2, -0.15) is 0 Å². The number of ether oxygens (including phenoxy) is 1. The Hall–Kier alpha value is -2.82. The Labute approximate surface area is 154 Å².